The number of benzene rings is 1. The zero-order valence-corrected chi connectivity index (χ0v) is 14.4. The van der Waals surface area contributed by atoms with Gasteiger partial charge in [-0.2, -0.15) is 0 Å². The SMILES string of the molecule is CCOc1ccnc2c1c(=O)n(Cc1c(F)cccc1Cl)c(=O)n2C. The fraction of sp³-hybridized carbons (Fsp3) is 0.235. The fourth-order valence-corrected chi connectivity index (χ4v) is 2.86. The number of hydrogen-bond acceptors (Lipinski definition) is 4. The van der Waals surface area contributed by atoms with E-state index in [2.05, 4.69) is 4.98 Å². The topological polar surface area (TPSA) is 66.1 Å². The number of aryl methyl sites for hydroxylation is 1. The molecular formula is C17H15ClFN3O3. The quantitative estimate of drug-likeness (QED) is 0.713. The van der Waals surface area contributed by atoms with Gasteiger partial charge in [0.2, 0.25) is 0 Å². The summed E-state index contributed by atoms with van der Waals surface area (Å²) >= 11 is 6.02. The first kappa shape index (κ1) is 17.2. The molecule has 1 aromatic carbocycles. The number of rotatable bonds is 4. The van der Waals surface area contributed by atoms with Crippen molar-refractivity contribution in [3.63, 3.8) is 0 Å². The van der Waals surface area contributed by atoms with Crippen LogP contribution in [0.5, 0.6) is 5.75 Å². The number of pyridine rings is 1. The van der Waals surface area contributed by atoms with Crippen molar-refractivity contribution in [1.29, 1.82) is 0 Å². The molecule has 2 heterocycles. The second-order valence-corrected chi connectivity index (χ2v) is 5.78. The molecule has 0 N–H and O–H groups in total. The average molecular weight is 364 g/mol. The van der Waals surface area contributed by atoms with Gasteiger partial charge in [-0.3, -0.25) is 13.9 Å². The number of fused-ring (bicyclic) bond motifs is 1. The highest BCUT2D eigenvalue weighted by atomic mass is 35.5. The molecule has 0 atom stereocenters. The third-order valence-electron chi connectivity index (χ3n) is 3.87. The molecule has 0 aliphatic rings. The molecule has 25 heavy (non-hydrogen) atoms. The first-order valence-corrected chi connectivity index (χ1v) is 7.97. The fourth-order valence-electron chi connectivity index (χ4n) is 2.64. The molecule has 8 heteroatoms. The molecule has 0 spiro atoms. The maximum absolute atomic E-state index is 14.1. The summed E-state index contributed by atoms with van der Waals surface area (Å²) in [5, 5.41) is 0.309. The van der Waals surface area contributed by atoms with Crippen LogP contribution in [0.3, 0.4) is 0 Å². The Labute approximate surface area is 147 Å². The molecule has 0 aliphatic carbocycles. The number of nitrogens with zero attached hydrogens (tertiary/aromatic N) is 3. The first-order chi connectivity index (χ1) is 12.0. The van der Waals surface area contributed by atoms with Crippen LogP contribution >= 0.6 is 11.6 Å². The lowest BCUT2D eigenvalue weighted by Gasteiger charge is -2.13. The van der Waals surface area contributed by atoms with Crippen LogP contribution in [0.1, 0.15) is 12.5 Å². The minimum Gasteiger partial charge on any atom is -0.493 e. The summed E-state index contributed by atoms with van der Waals surface area (Å²) in [7, 11) is 1.49. The van der Waals surface area contributed by atoms with Gasteiger partial charge in [-0.25, -0.2) is 14.2 Å². The molecule has 0 radical (unpaired) electrons. The Morgan fingerprint density at radius 1 is 1.28 bits per heavy atom. The summed E-state index contributed by atoms with van der Waals surface area (Å²) in [6.07, 6.45) is 1.46. The average Bonchev–Trinajstić information content (AvgIpc) is 2.59. The van der Waals surface area contributed by atoms with Crippen molar-refractivity contribution < 1.29 is 9.13 Å². The monoisotopic (exact) mass is 363 g/mol. The second-order valence-electron chi connectivity index (χ2n) is 5.37. The molecule has 130 valence electrons. The molecule has 0 amide bonds. The predicted octanol–water partition coefficient (Wildman–Crippen LogP) is 2.33. The maximum atomic E-state index is 14.1. The molecular weight excluding hydrogens is 349 g/mol. The molecule has 3 rings (SSSR count). The van der Waals surface area contributed by atoms with E-state index in [-0.39, 0.29) is 28.2 Å². The van der Waals surface area contributed by atoms with Crippen molar-refractivity contribution in [3.05, 3.63) is 67.7 Å². The Morgan fingerprint density at radius 2 is 2.04 bits per heavy atom. The van der Waals surface area contributed by atoms with E-state index in [4.69, 9.17) is 16.3 Å². The van der Waals surface area contributed by atoms with Gasteiger partial charge in [0.25, 0.3) is 5.56 Å². The summed E-state index contributed by atoms with van der Waals surface area (Å²) in [5.74, 6) is -0.265. The van der Waals surface area contributed by atoms with Gasteiger partial charge in [-0.15, -0.1) is 0 Å². The Morgan fingerprint density at radius 3 is 2.72 bits per heavy atom. The standard InChI is InChI=1S/C17H15ClFN3O3/c1-3-25-13-7-8-20-15-14(13)16(23)22(17(24)21(15)2)9-10-11(18)5-4-6-12(10)19/h4-8H,3,9H2,1-2H3. The van der Waals surface area contributed by atoms with Gasteiger partial charge in [0.05, 0.1) is 13.2 Å². The normalized spacial score (nSPS) is 11.0. The number of aromatic nitrogens is 3. The van der Waals surface area contributed by atoms with E-state index >= 15 is 0 Å². The van der Waals surface area contributed by atoms with Gasteiger partial charge < -0.3 is 4.74 Å². The summed E-state index contributed by atoms with van der Waals surface area (Å²) in [4.78, 5) is 29.6. The first-order valence-electron chi connectivity index (χ1n) is 7.60. The molecule has 0 aliphatic heterocycles. The van der Waals surface area contributed by atoms with E-state index in [1.165, 1.54) is 36.0 Å². The summed E-state index contributed by atoms with van der Waals surface area (Å²) in [5.41, 5.74) is -0.937. The largest absolute Gasteiger partial charge is 0.493 e. The summed E-state index contributed by atoms with van der Waals surface area (Å²) in [6.45, 7) is 1.85. The summed E-state index contributed by atoms with van der Waals surface area (Å²) in [6, 6.07) is 5.74. The molecule has 0 fully saturated rings. The van der Waals surface area contributed by atoms with Crippen molar-refractivity contribution in [2.75, 3.05) is 6.61 Å². The minimum absolute atomic E-state index is 0.0737. The molecule has 3 aromatic rings. The van der Waals surface area contributed by atoms with Crippen molar-refractivity contribution in [2.24, 2.45) is 7.05 Å². The van der Waals surface area contributed by atoms with Crippen LogP contribution in [0.4, 0.5) is 4.39 Å². The van der Waals surface area contributed by atoms with E-state index in [1.807, 2.05) is 0 Å². The molecule has 2 aromatic heterocycles. The van der Waals surface area contributed by atoms with E-state index in [0.717, 1.165) is 4.57 Å². The Kier molecular flexibility index (Phi) is 4.59. The van der Waals surface area contributed by atoms with Crippen molar-refractivity contribution in [3.8, 4) is 5.75 Å². The van der Waals surface area contributed by atoms with E-state index in [9.17, 15) is 14.0 Å². The van der Waals surface area contributed by atoms with Crippen LogP contribution in [0.2, 0.25) is 5.02 Å². The predicted molar refractivity (Wildman–Crippen MR) is 92.9 cm³/mol. The highest BCUT2D eigenvalue weighted by Gasteiger charge is 2.18. The Balaban J connectivity index is 2.31. The molecule has 0 unspecified atom stereocenters. The summed E-state index contributed by atoms with van der Waals surface area (Å²) < 4.78 is 21.7. The van der Waals surface area contributed by atoms with Gasteiger partial charge in [-0.1, -0.05) is 17.7 Å². The number of hydrogen-bond donors (Lipinski definition) is 0. The smallest absolute Gasteiger partial charge is 0.332 e. The van der Waals surface area contributed by atoms with Gasteiger partial charge in [-0.05, 0) is 25.1 Å². The molecule has 0 saturated heterocycles. The highest BCUT2D eigenvalue weighted by molar-refractivity contribution is 6.31. The maximum Gasteiger partial charge on any atom is 0.332 e. The molecule has 0 bridgehead atoms. The Hall–Kier alpha value is -2.67. The number of ether oxygens (including phenoxy) is 1. The van der Waals surface area contributed by atoms with Gasteiger partial charge in [0.1, 0.15) is 17.0 Å². The third kappa shape index (κ3) is 2.91. The number of halogens is 2. The zero-order chi connectivity index (χ0) is 18.1. The Bertz CT molecular complexity index is 1050. The van der Waals surface area contributed by atoms with Crippen molar-refractivity contribution >= 4 is 22.6 Å². The van der Waals surface area contributed by atoms with Crippen LogP contribution in [-0.2, 0) is 13.6 Å². The lowest BCUT2D eigenvalue weighted by atomic mass is 10.2. The van der Waals surface area contributed by atoms with E-state index < -0.39 is 17.1 Å². The van der Waals surface area contributed by atoms with Gasteiger partial charge in [0, 0.05) is 23.8 Å². The van der Waals surface area contributed by atoms with E-state index in [1.54, 1.807) is 13.0 Å². The van der Waals surface area contributed by atoms with Crippen LogP contribution in [0, 0.1) is 5.82 Å². The van der Waals surface area contributed by atoms with Crippen molar-refractivity contribution in [1.82, 2.24) is 14.1 Å². The third-order valence-corrected chi connectivity index (χ3v) is 4.22. The second kappa shape index (κ2) is 6.68. The van der Waals surface area contributed by atoms with Crippen LogP contribution in [0.15, 0.2) is 40.1 Å². The van der Waals surface area contributed by atoms with Gasteiger partial charge in [0.15, 0.2) is 5.65 Å². The van der Waals surface area contributed by atoms with Crippen LogP contribution in [0.25, 0.3) is 11.0 Å². The van der Waals surface area contributed by atoms with Crippen molar-refractivity contribution in [2.45, 2.75) is 13.5 Å². The minimum atomic E-state index is -0.613. The van der Waals surface area contributed by atoms with Gasteiger partial charge >= 0.3 is 5.69 Å². The lowest BCUT2D eigenvalue weighted by Crippen LogP contribution is -2.40. The lowest BCUT2D eigenvalue weighted by molar-refractivity contribution is 0.343. The zero-order valence-electron chi connectivity index (χ0n) is 13.6. The highest BCUT2D eigenvalue weighted by Crippen LogP contribution is 2.21. The molecule has 0 saturated carbocycles. The van der Waals surface area contributed by atoms with Crippen LogP contribution < -0.4 is 16.0 Å². The van der Waals surface area contributed by atoms with E-state index in [0.29, 0.717) is 12.4 Å². The molecule has 6 nitrogen and oxygen atoms in total. The van der Waals surface area contributed by atoms with Crippen LogP contribution in [-0.4, -0.2) is 20.7 Å².